The van der Waals surface area contributed by atoms with Crippen molar-refractivity contribution in [3.05, 3.63) is 36.5 Å². The monoisotopic (exact) mass is 1420 g/mol. The number of ether oxygens (including phenoxy) is 4. The van der Waals surface area contributed by atoms with Gasteiger partial charge in [0, 0.05) is 12.8 Å². The van der Waals surface area contributed by atoms with Crippen molar-refractivity contribution in [2.75, 3.05) is 47.5 Å². The Kier molecular flexibility index (Phi) is 81.1. The largest absolute Gasteiger partial charge is 0.545 e. The van der Waals surface area contributed by atoms with Gasteiger partial charge in [0.05, 0.1) is 40.3 Å². The van der Waals surface area contributed by atoms with Crippen molar-refractivity contribution in [3.8, 4) is 0 Å². The van der Waals surface area contributed by atoms with E-state index in [0.717, 1.165) is 44.9 Å². The van der Waals surface area contributed by atoms with Crippen LogP contribution in [0, 0.1) is 0 Å². The standard InChI is InChI=1S/C92H175NO8/c1-6-8-10-12-14-16-18-20-22-24-26-28-30-32-34-36-38-40-42-43-44-45-46-47-49-51-53-55-57-59-61-63-65-67-69-71-73-75-77-79-81-83-90(95)101-88(87-100-92(91(96)97)98-85-84-93(3,4)5)86-99-89(94)82-80-78-76-74-72-70-68-66-64-62-60-58-56-54-52-50-48-41-39-37-35-33-31-29-27-25-23-21-19-17-15-13-11-9-7-2/h18,20,24-27,88,92H,6-17,19,21-23,28-87H2,1-5H3/b20-18-,26-24-,27-25-. The summed E-state index contributed by atoms with van der Waals surface area (Å²) in [5.41, 5.74) is 0. The first kappa shape index (κ1) is 98.5. The maximum atomic E-state index is 13.0. The van der Waals surface area contributed by atoms with E-state index >= 15 is 0 Å². The van der Waals surface area contributed by atoms with E-state index in [1.165, 1.54) is 405 Å². The minimum Gasteiger partial charge on any atom is -0.545 e. The molecular weight excluding hydrogens is 1250 g/mol. The van der Waals surface area contributed by atoms with E-state index in [1.54, 1.807) is 0 Å². The van der Waals surface area contributed by atoms with Gasteiger partial charge in [-0.15, -0.1) is 0 Å². The van der Waals surface area contributed by atoms with Gasteiger partial charge in [-0.25, -0.2) is 0 Å². The Hall–Kier alpha value is -2.49. The van der Waals surface area contributed by atoms with Gasteiger partial charge in [0.15, 0.2) is 12.4 Å². The summed E-state index contributed by atoms with van der Waals surface area (Å²) in [7, 11) is 5.96. The molecule has 0 aliphatic heterocycles. The molecule has 0 aromatic rings. The second-order valence-corrected chi connectivity index (χ2v) is 32.2. The Morgan fingerprint density at radius 3 is 0.792 bits per heavy atom. The normalized spacial score (nSPS) is 12.7. The van der Waals surface area contributed by atoms with Crippen molar-refractivity contribution in [2.24, 2.45) is 0 Å². The fourth-order valence-corrected chi connectivity index (χ4v) is 14.0. The summed E-state index contributed by atoms with van der Waals surface area (Å²) in [5, 5.41) is 11.9. The second-order valence-electron chi connectivity index (χ2n) is 32.2. The lowest BCUT2D eigenvalue weighted by Crippen LogP contribution is -2.44. The number of likely N-dealkylation sites (N-methyl/N-ethyl adjacent to an activating group) is 1. The molecule has 0 aromatic carbocycles. The second kappa shape index (κ2) is 83.2. The summed E-state index contributed by atoms with van der Waals surface area (Å²) in [6, 6.07) is 0. The molecule has 9 heteroatoms. The number of rotatable bonds is 86. The average Bonchev–Trinajstić information content (AvgIpc) is 1.21. The van der Waals surface area contributed by atoms with Crippen molar-refractivity contribution in [3.63, 3.8) is 0 Å². The van der Waals surface area contributed by atoms with Gasteiger partial charge in [-0.05, 0) is 70.6 Å². The van der Waals surface area contributed by atoms with E-state index < -0.39 is 24.3 Å². The van der Waals surface area contributed by atoms with Crippen molar-refractivity contribution in [1.29, 1.82) is 0 Å². The maximum Gasteiger partial charge on any atom is 0.306 e. The van der Waals surface area contributed by atoms with Crippen LogP contribution < -0.4 is 5.11 Å². The lowest BCUT2D eigenvalue weighted by atomic mass is 10.0. The molecule has 0 saturated carbocycles. The Morgan fingerprint density at radius 2 is 0.535 bits per heavy atom. The van der Waals surface area contributed by atoms with E-state index in [4.69, 9.17) is 18.9 Å². The van der Waals surface area contributed by atoms with Crippen LogP contribution in [-0.2, 0) is 33.3 Å². The Balaban J connectivity index is 3.88. The van der Waals surface area contributed by atoms with Gasteiger partial charge in [-0.3, -0.25) is 9.59 Å². The van der Waals surface area contributed by atoms with E-state index in [0.29, 0.717) is 17.4 Å². The van der Waals surface area contributed by atoms with E-state index in [1.807, 2.05) is 21.1 Å². The zero-order valence-corrected chi connectivity index (χ0v) is 68.6. The molecule has 0 amide bonds. The van der Waals surface area contributed by atoms with Crippen LogP contribution in [0.25, 0.3) is 0 Å². The minimum atomic E-state index is -1.62. The summed E-state index contributed by atoms with van der Waals surface area (Å²) in [6.45, 7) is 4.83. The van der Waals surface area contributed by atoms with Gasteiger partial charge in [0.1, 0.15) is 13.2 Å². The number of esters is 2. The summed E-state index contributed by atoms with van der Waals surface area (Å²) >= 11 is 0. The van der Waals surface area contributed by atoms with E-state index in [9.17, 15) is 19.5 Å². The fourth-order valence-electron chi connectivity index (χ4n) is 14.0. The first-order valence-corrected chi connectivity index (χ1v) is 45.1. The molecule has 0 fully saturated rings. The lowest BCUT2D eigenvalue weighted by molar-refractivity contribution is -0.870. The number of carboxylic acid groups (broad SMARTS) is 1. The summed E-state index contributed by atoms with van der Waals surface area (Å²) < 4.78 is 22.9. The molecule has 0 aliphatic rings. The zero-order valence-electron chi connectivity index (χ0n) is 68.6. The zero-order chi connectivity index (χ0) is 73.2. The molecule has 0 saturated heterocycles. The molecular formula is C92H175NO8. The van der Waals surface area contributed by atoms with Crippen LogP contribution in [-0.4, -0.2) is 82.3 Å². The number of carbonyl (C=O) groups excluding carboxylic acids is 3. The van der Waals surface area contributed by atoms with Crippen LogP contribution >= 0.6 is 0 Å². The molecule has 0 aliphatic carbocycles. The van der Waals surface area contributed by atoms with Crippen molar-refractivity contribution in [1.82, 2.24) is 0 Å². The number of aliphatic carboxylic acids is 1. The van der Waals surface area contributed by atoms with Gasteiger partial charge in [-0.2, -0.15) is 0 Å². The molecule has 0 N–H and O–H groups in total. The van der Waals surface area contributed by atoms with Crippen molar-refractivity contribution in [2.45, 2.75) is 489 Å². The SMILES string of the molecule is CCCCCCC/C=C\C/C=C\CCCCCCCCCCCCCCCCCCCCCCCCCCCCCCCC(=O)OC(COC(=O)CCCCCCCCCCCCCCCCCCCCCCCCC/C=C\CCCCCCCCCC)COC(OCC[N+](C)(C)C)C(=O)[O-]. The Bertz CT molecular complexity index is 1760. The molecule has 0 aromatic heterocycles. The highest BCUT2D eigenvalue weighted by Crippen LogP contribution is 2.21. The third-order valence-electron chi connectivity index (χ3n) is 20.9. The number of carboxylic acids is 1. The topological polar surface area (TPSA) is 111 Å². The molecule has 0 rings (SSSR count). The molecule has 9 nitrogen and oxygen atoms in total. The Labute approximate surface area is 630 Å². The quantitative estimate of drug-likeness (QED) is 0.0195. The summed E-state index contributed by atoms with van der Waals surface area (Å²) in [4.78, 5) is 37.7. The maximum absolute atomic E-state index is 13.0. The van der Waals surface area contributed by atoms with E-state index in [-0.39, 0.29) is 32.2 Å². The van der Waals surface area contributed by atoms with Crippen molar-refractivity contribution < 1.29 is 42.9 Å². The van der Waals surface area contributed by atoms with Gasteiger partial charge >= 0.3 is 11.9 Å². The molecule has 0 heterocycles. The van der Waals surface area contributed by atoms with E-state index in [2.05, 4.69) is 50.3 Å². The third-order valence-corrected chi connectivity index (χ3v) is 20.9. The molecule has 0 bridgehead atoms. The highest BCUT2D eigenvalue weighted by atomic mass is 16.7. The number of unbranched alkanes of at least 4 members (excludes halogenated alkanes) is 65. The number of allylic oxidation sites excluding steroid dienone is 6. The Morgan fingerprint density at radius 1 is 0.297 bits per heavy atom. The van der Waals surface area contributed by atoms with Gasteiger partial charge in [-0.1, -0.05) is 429 Å². The highest BCUT2D eigenvalue weighted by Gasteiger charge is 2.22. The van der Waals surface area contributed by atoms with Crippen LogP contribution in [0.5, 0.6) is 0 Å². The minimum absolute atomic E-state index is 0.152. The first-order chi connectivity index (χ1) is 49.6. The lowest BCUT2D eigenvalue weighted by Gasteiger charge is -2.26. The number of nitrogens with zero attached hydrogens (tertiary/aromatic N) is 1. The molecule has 0 spiro atoms. The average molecular weight is 1420 g/mol. The van der Waals surface area contributed by atoms with Crippen LogP contribution in [0.15, 0.2) is 36.5 Å². The molecule has 0 radical (unpaired) electrons. The number of hydrogen-bond acceptors (Lipinski definition) is 8. The van der Waals surface area contributed by atoms with Gasteiger partial charge in [0.2, 0.25) is 0 Å². The molecule has 101 heavy (non-hydrogen) atoms. The first-order valence-electron chi connectivity index (χ1n) is 45.1. The number of hydrogen-bond donors (Lipinski definition) is 0. The smallest absolute Gasteiger partial charge is 0.306 e. The summed E-state index contributed by atoms with van der Waals surface area (Å²) in [5.74, 6) is -2.24. The van der Waals surface area contributed by atoms with Crippen molar-refractivity contribution >= 4 is 17.9 Å². The molecule has 2 unspecified atom stereocenters. The van der Waals surface area contributed by atoms with Crippen LogP contribution in [0.2, 0.25) is 0 Å². The molecule has 596 valence electrons. The van der Waals surface area contributed by atoms with Crippen LogP contribution in [0.1, 0.15) is 476 Å². The third kappa shape index (κ3) is 84.6. The summed E-state index contributed by atoms with van der Waals surface area (Å²) in [6.07, 6.45) is 106. The predicted octanol–water partition coefficient (Wildman–Crippen LogP) is 28.1. The molecule has 2 atom stereocenters. The fraction of sp³-hybridized carbons (Fsp3) is 0.902. The number of carbonyl (C=O) groups is 3. The van der Waals surface area contributed by atoms with Crippen LogP contribution in [0.3, 0.4) is 0 Å². The van der Waals surface area contributed by atoms with Crippen LogP contribution in [0.4, 0.5) is 0 Å². The van der Waals surface area contributed by atoms with Gasteiger partial charge in [0.25, 0.3) is 0 Å². The highest BCUT2D eigenvalue weighted by molar-refractivity contribution is 5.70. The predicted molar refractivity (Wildman–Crippen MR) is 436 cm³/mol. The van der Waals surface area contributed by atoms with Gasteiger partial charge < -0.3 is 33.3 Å². The number of quaternary nitrogens is 1.